The zero-order valence-electron chi connectivity index (χ0n) is 15.2. The Labute approximate surface area is 151 Å². The van der Waals surface area contributed by atoms with Gasteiger partial charge in [0.05, 0.1) is 33.4 Å². The van der Waals surface area contributed by atoms with Gasteiger partial charge in [0.15, 0.2) is 5.92 Å². The molecule has 0 aliphatic carbocycles. The summed E-state index contributed by atoms with van der Waals surface area (Å²) in [6.45, 7) is 2.48. The molecule has 0 aliphatic rings. The van der Waals surface area contributed by atoms with Crippen molar-refractivity contribution in [3.05, 3.63) is 33.9 Å². The third-order valence-corrected chi connectivity index (χ3v) is 3.67. The first kappa shape index (κ1) is 21.2. The topological polar surface area (TPSA) is 114 Å². The summed E-state index contributed by atoms with van der Waals surface area (Å²) in [6, 6.07) is 4.77. The van der Waals surface area contributed by atoms with E-state index in [0.717, 1.165) is 0 Å². The molecule has 1 unspecified atom stereocenters. The zero-order chi connectivity index (χ0) is 19.7. The summed E-state index contributed by atoms with van der Waals surface area (Å²) >= 11 is 0. The van der Waals surface area contributed by atoms with Crippen molar-refractivity contribution in [2.24, 2.45) is 5.92 Å². The Morgan fingerprint density at radius 1 is 1.04 bits per heavy atom. The van der Waals surface area contributed by atoms with Gasteiger partial charge in [-0.15, -0.1) is 0 Å². The van der Waals surface area contributed by atoms with Crippen LogP contribution in [0, 0.1) is 16.0 Å². The van der Waals surface area contributed by atoms with Crippen LogP contribution >= 0.6 is 0 Å². The van der Waals surface area contributed by atoms with E-state index >= 15 is 0 Å². The van der Waals surface area contributed by atoms with E-state index in [0.29, 0.717) is 0 Å². The minimum absolute atomic E-state index is 0.0168. The number of ether oxygens (including phenoxy) is 4. The van der Waals surface area contributed by atoms with Crippen molar-refractivity contribution in [2.75, 3.05) is 34.0 Å². The van der Waals surface area contributed by atoms with Crippen LogP contribution in [0.1, 0.15) is 25.3 Å². The number of methoxy groups -OCH3 is 2. The SMILES string of the molecule is CCOC(=O)C(C(=O)OCC)C(C[N+](=O)[O-])c1c(OC)cccc1OC. The Hall–Kier alpha value is -2.84. The molecule has 9 heteroatoms. The summed E-state index contributed by atoms with van der Waals surface area (Å²) in [5, 5.41) is 11.3. The van der Waals surface area contributed by atoms with Crippen molar-refractivity contribution in [1.29, 1.82) is 0 Å². The predicted octanol–water partition coefficient (Wildman–Crippen LogP) is 1.81. The van der Waals surface area contributed by atoms with Gasteiger partial charge in [-0.25, -0.2) is 0 Å². The second-order valence-corrected chi connectivity index (χ2v) is 5.18. The summed E-state index contributed by atoms with van der Waals surface area (Å²) < 4.78 is 20.5. The van der Waals surface area contributed by atoms with Crippen LogP contribution in [-0.4, -0.2) is 50.8 Å². The molecule has 0 amide bonds. The molecule has 144 valence electrons. The summed E-state index contributed by atoms with van der Waals surface area (Å²) in [5.41, 5.74) is 0.236. The van der Waals surface area contributed by atoms with Gasteiger partial charge in [0.1, 0.15) is 11.5 Å². The number of carbonyl (C=O) groups excluding carboxylic acids is 2. The van der Waals surface area contributed by atoms with Gasteiger partial charge in [0.25, 0.3) is 0 Å². The number of hydrogen-bond acceptors (Lipinski definition) is 8. The molecule has 0 heterocycles. The van der Waals surface area contributed by atoms with Gasteiger partial charge in [0, 0.05) is 10.5 Å². The van der Waals surface area contributed by atoms with E-state index in [1.807, 2.05) is 0 Å². The van der Waals surface area contributed by atoms with E-state index < -0.39 is 35.2 Å². The lowest BCUT2D eigenvalue weighted by Crippen LogP contribution is -2.36. The van der Waals surface area contributed by atoms with Gasteiger partial charge in [-0.3, -0.25) is 19.7 Å². The fourth-order valence-electron chi connectivity index (χ4n) is 2.66. The van der Waals surface area contributed by atoms with Gasteiger partial charge < -0.3 is 18.9 Å². The van der Waals surface area contributed by atoms with E-state index in [1.165, 1.54) is 14.2 Å². The first-order chi connectivity index (χ1) is 12.4. The van der Waals surface area contributed by atoms with Crippen molar-refractivity contribution in [3.8, 4) is 11.5 Å². The van der Waals surface area contributed by atoms with E-state index in [4.69, 9.17) is 18.9 Å². The van der Waals surface area contributed by atoms with Gasteiger partial charge in [-0.05, 0) is 26.0 Å². The minimum Gasteiger partial charge on any atom is -0.496 e. The third-order valence-electron chi connectivity index (χ3n) is 3.67. The van der Waals surface area contributed by atoms with Crippen molar-refractivity contribution in [3.63, 3.8) is 0 Å². The van der Waals surface area contributed by atoms with Crippen LogP contribution in [0.2, 0.25) is 0 Å². The first-order valence-electron chi connectivity index (χ1n) is 8.07. The molecule has 0 fully saturated rings. The van der Waals surface area contributed by atoms with E-state index in [2.05, 4.69) is 0 Å². The highest BCUT2D eigenvalue weighted by Gasteiger charge is 2.44. The molecular weight excluding hydrogens is 346 g/mol. The van der Waals surface area contributed by atoms with Crippen molar-refractivity contribution < 1.29 is 33.5 Å². The average molecular weight is 369 g/mol. The van der Waals surface area contributed by atoms with Crippen LogP contribution in [0.3, 0.4) is 0 Å². The molecule has 0 saturated heterocycles. The highest BCUT2D eigenvalue weighted by molar-refractivity contribution is 5.96. The third kappa shape index (κ3) is 5.08. The Kier molecular flexibility index (Phi) is 8.33. The van der Waals surface area contributed by atoms with Crippen LogP contribution in [0.15, 0.2) is 18.2 Å². The minimum atomic E-state index is -1.52. The molecule has 0 saturated carbocycles. The lowest BCUT2D eigenvalue weighted by atomic mass is 9.84. The summed E-state index contributed by atoms with van der Waals surface area (Å²) in [4.78, 5) is 35.5. The average Bonchev–Trinajstić information content (AvgIpc) is 2.60. The number of esters is 2. The normalized spacial score (nSPS) is 11.6. The lowest BCUT2D eigenvalue weighted by molar-refractivity contribution is -0.484. The Balaban J connectivity index is 3.57. The maximum absolute atomic E-state index is 12.4. The highest BCUT2D eigenvalue weighted by Crippen LogP contribution is 2.40. The largest absolute Gasteiger partial charge is 0.496 e. The molecule has 1 aromatic rings. The maximum atomic E-state index is 12.4. The molecule has 1 aromatic carbocycles. The number of nitrogens with zero attached hydrogens (tertiary/aromatic N) is 1. The fourth-order valence-corrected chi connectivity index (χ4v) is 2.66. The fraction of sp³-hybridized carbons (Fsp3) is 0.529. The van der Waals surface area contributed by atoms with Gasteiger partial charge in [-0.2, -0.15) is 0 Å². The Morgan fingerprint density at radius 3 is 1.85 bits per heavy atom. The molecule has 0 aromatic heterocycles. The van der Waals surface area contributed by atoms with E-state index in [1.54, 1.807) is 32.0 Å². The molecule has 0 N–H and O–H groups in total. The summed E-state index contributed by atoms with van der Waals surface area (Å²) in [6.07, 6.45) is 0. The molecule has 9 nitrogen and oxygen atoms in total. The summed E-state index contributed by atoms with van der Waals surface area (Å²) in [5.74, 6) is -3.99. The second-order valence-electron chi connectivity index (χ2n) is 5.18. The molecule has 0 spiro atoms. The van der Waals surface area contributed by atoms with E-state index in [-0.39, 0.29) is 30.3 Å². The number of rotatable bonds is 10. The molecular formula is C17H23NO8. The number of benzene rings is 1. The Bertz CT molecular complexity index is 605. The molecule has 0 bridgehead atoms. The van der Waals surface area contributed by atoms with Gasteiger partial charge in [0.2, 0.25) is 6.54 Å². The van der Waals surface area contributed by atoms with Gasteiger partial charge in [-0.1, -0.05) is 6.07 Å². The highest BCUT2D eigenvalue weighted by atomic mass is 16.6. The number of nitro groups is 1. The Morgan fingerprint density at radius 2 is 1.50 bits per heavy atom. The molecule has 26 heavy (non-hydrogen) atoms. The first-order valence-corrected chi connectivity index (χ1v) is 8.07. The quantitative estimate of drug-likeness (QED) is 0.265. The molecule has 0 radical (unpaired) electrons. The van der Waals surface area contributed by atoms with Crippen LogP contribution < -0.4 is 9.47 Å². The van der Waals surface area contributed by atoms with Crippen LogP contribution in [-0.2, 0) is 19.1 Å². The van der Waals surface area contributed by atoms with Crippen LogP contribution in [0.4, 0.5) is 0 Å². The molecule has 0 aliphatic heterocycles. The second kappa shape index (κ2) is 10.2. The number of hydrogen-bond donors (Lipinski definition) is 0. The van der Waals surface area contributed by atoms with Crippen molar-refractivity contribution >= 4 is 11.9 Å². The lowest BCUT2D eigenvalue weighted by Gasteiger charge is -2.24. The monoisotopic (exact) mass is 369 g/mol. The van der Waals surface area contributed by atoms with Crippen molar-refractivity contribution in [2.45, 2.75) is 19.8 Å². The molecule has 1 rings (SSSR count). The van der Waals surface area contributed by atoms with Crippen LogP contribution in [0.5, 0.6) is 11.5 Å². The standard InChI is InChI=1S/C17H23NO8/c1-5-25-16(19)15(17(20)26-6-2)11(10-18(21)22)14-12(23-3)8-7-9-13(14)24-4/h7-9,11,15H,5-6,10H2,1-4H3. The van der Waals surface area contributed by atoms with E-state index in [9.17, 15) is 19.7 Å². The smallest absolute Gasteiger partial charge is 0.321 e. The number of carbonyl (C=O) groups is 2. The zero-order valence-corrected chi connectivity index (χ0v) is 15.2. The predicted molar refractivity (Wildman–Crippen MR) is 90.9 cm³/mol. The summed E-state index contributed by atoms with van der Waals surface area (Å²) in [7, 11) is 2.76. The van der Waals surface area contributed by atoms with Crippen molar-refractivity contribution in [1.82, 2.24) is 0 Å². The van der Waals surface area contributed by atoms with Gasteiger partial charge >= 0.3 is 11.9 Å². The van der Waals surface area contributed by atoms with Crippen LogP contribution in [0.25, 0.3) is 0 Å². The maximum Gasteiger partial charge on any atom is 0.321 e. The molecule has 1 atom stereocenters.